The van der Waals surface area contributed by atoms with Gasteiger partial charge >= 0.3 is 0 Å². The van der Waals surface area contributed by atoms with Crippen LogP contribution in [-0.4, -0.2) is 64.3 Å². The minimum absolute atomic E-state index is 0.169. The van der Waals surface area contributed by atoms with E-state index >= 15 is 0 Å². The van der Waals surface area contributed by atoms with Crippen molar-refractivity contribution in [3.8, 4) is 0 Å². The van der Waals surface area contributed by atoms with E-state index in [9.17, 15) is 20.4 Å². The van der Waals surface area contributed by atoms with E-state index in [1.165, 1.54) is 57.8 Å². The molecule has 1 aliphatic heterocycles. The van der Waals surface area contributed by atoms with Gasteiger partial charge in [-0.05, 0) is 6.42 Å². The lowest BCUT2D eigenvalue weighted by Crippen LogP contribution is -2.63. The van der Waals surface area contributed by atoms with Gasteiger partial charge in [-0.15, -0.1) is 0 Å². The molecule has 1 heterocycles. The van der Waals surface area contributed by atoms with Gasteiger partial charge in [-0.25, -0.2) is 0 Å². The second kappa shape index (κ2) is 13.9. The molecule has 1 fully saturated rings. The van der Waals surface area contributed by atoms with E-state index in [0.29, 0.717) is 6.61 Å². The smallest absolute Gasteiger partial charge is 0.221 e. The largest absolute Gasteiger partial charge is 0.391 e. The van der Waals surface area contributed by atoms with Crippen LogP contribution in [0.25, 0.3) is 0 Å². The highest BCUT2D eigenvalue weighted by atomic mass is 16.7. The Morgan fingerprint density at radius 1 is 0.846 bits per heavy atom. The van der Waals surface area contributed by atoms with Crippen molar-refractivity contribution in [2.45, 2.75) is 108 Å². The molecule has 0 aromatic rings. The molecule has 1 rings (SSSR count). The van der Waals surface area contributed by atoms with Gasteiger partial charge in [0.2, 0.25) is 5.79 Å². The van der Waals surface area contributed by atoms with Crippen molar-refractivity contribution in [2.75, 3.05) is 19.8 Å². The van der Waals surface area contributed by atoms with Gasteiger partial charge in [0.25, 0.3) is 0 Å². The van der Waals surface area contributed by atoms with Gasteiger partial charge in [0, 0.05) is 0 Å². The zero-order chi connectivity index (χ0) is 19.3. The molecule has 0 unspecified atom stereocenters. The first-order valence-electron chi connectivity index (χ1n) is 10.5. The third-order valence-corrected chi connectivity index (χ3v) is 5.23. The third-order valence-electron chi connectivity index (χ3n) is 5.23. The molecule has 26 heavy (non-hydrogen) atoms. The molecule has 0 spiro atoms. The highest BCUT2D eigenvalue weighted by Gasteiger charge is 2.50. The molecular weight excluding hydrogens is 336 g/mol. The summed E-state index contributed by atoms with van der Waals surface area (Å²) in [5.74, 6) is -1.63. The standard InChI is InChI=1S/C20H40O6/c1-2-3-4-5-6-7-8-9-10-11-12-13-14-25-20(16-21)19(24)18(23)17(22)15-26-20/h17-19,21-24H,2-16H2,1H3/t17-,18-,19+,20-/m1/s1. The molecule has 1 saturated heterocycles. The van der Waals surface area contributed by atoms with Crippen LogP contribution in [0.15, 0.2) is 0 Å². The Bertz CT molecular complexity index is 340. The highest BCUT2D eigenvalue weighted by Crippen LogP contribution is 2.27. The molecule has 4 atom stereocenters. The van der Waals surface area contributed by atoms with Gasteiger partial charge in [-0.3, -0.25) is 0 Å². The number of aliphatic hydroxyl groups is 4. The molecule has 0 aromatic heterocycles. The van der Waals surface area contributed by atoms with Crippen molar-refractivity contribution in [2.24, 2.45) is 0 Å². The van der Waals surface area contributed by atoms with Crippen LogP contribution in [0, 0.1) is 0 Å². The van der Waals surface area contributed by atoms with E-state index < -0.39 is 30.7 Å². The zero-order valence-corrected chi connectivity index (χ0v) is 16.4. The maximum Gasteiger partial charge on any atom is 0.221 e. The molecule has 0 radical (unpaired) electrons. The van der Waals surface area contributed by atoms with Gasteiger partial charge < -0.3 is 29.9 Å². The van der Waals surface area contributed by atoms with Gasteiger partial charge in [-0.1, -0.05) is 77.6 Å². The van der Waals surface area contributed by atoms with Crippen LogP contribution in [-0.2, 0) is 9.47 Å². The van der Waals surface area contributed by atoms with E-state index in [0.717, 1.165) is 19.3 Å². The average molecular weight is 377 g/mol. The van der Waals surface area contributed by atoms with E-state index in [2.05, 4.69) is 6.92 Å². The van der Waals surface area contributed by atoms with Gasteiger partial charge in [0.15, 0.2) is 0 Å². The highest BCUT2D eigenvalue weighted by molar-refractivity contribution is 4.92. The lowest BCUT2D eigenvalue weighted by Gasteiger charge is -2.43. The van der Waals surface area contributed by atoms with Crippen LogP contribution in [0.5, 0.6) is 0 Å². The molecule has 6 nitrogen and oxygen atoms in total. The first-order valence-corrected chi connectivity index (χ1v) is 10.5. The summed E-state index contributed by atoms with van der Waals surface area (Å²) in [5.41, 5.74) is 0. The second-order valence-corrected chi connectivity index (χ2v) is 7.52. The molecular formula is C20H40O6. The summed E-state index contributed by atoms with van der Waals surface area (Å²) in [7, 11) is 0. The van der Waals surface area contributed by atoms with Gasteiger partial charge in [0.05, 0.1) is 13.2 Å². The number of ether oxygens (including phenoxy) is 2. The zero-order valence-electron chi connectivity index (χ0n) is 16.4. The summed E-state index contributed by atoms with van der Waals surface area (Å²) in [6.07, 6.45) is 10.9. The normalized spacial score (nSPS) is 29.2. The Hall–Kier alpha value is -0.240. The molecule has 1 aliphatic rings. The summed E-state index contributed by atoms with van der Waals surface area (Å²) >= 11 is 0. The minimum atomic E-state index is -1.63. The van der Waals surface area contributed by atoms with Crippen molar-refractivity contribution in [1.29, 1.82) is 0 Å². The van der Waals surface area contributed by atoms with Crippen LogP contribution in [0.4, 0.5) is 0 Å². The topological polar surface area (TPSA) is 99.4 Å². The first-order chi connectivity index (χ1) is 12.6. The molecule has 0 aromatic carbocycles. The maximum absolute atomic E-state index is 10.0. The van der Waals surface area contributed by atoms with Crippen molar-refractivity contribution in [1.82, 2.24) is 0 Å². The van der Waals surface area contributed by atoms with E-state index in [4.69, 9.17) is 9.47 Å². The Kier molecular flexibility index (Phi) is 12.7. The SMILES string of the molecule is CCCCCCCCCCCCCCO[C@]1(CO)OC[C@@H](O)[C@@H](O)[C@@H]1O. The fourth-order valence-electron chi connectivity index (χ4n) is 3.38. The molecule has 0 aliphatic carbocycles. The van der Waals surface area contributed by atoms with E-state index in [1.807, 2.05) is 0 Å². The summed E-state index contributed by atoms with van der Waals surface area (Å²) in [5, 5.41) is 38.8. The van der Waals surface area contributed by atoms with Crippen LogP contribution >= 0.6 is 0 Å². The Morgan fingerprint density at radius 3 is 1.85 bits per heavy atom. The first kappa shape index (κ1) is 23.8. The van der Waals surface area contributed by atoms with Crippen molar-refractivity contribution < 1.29 is 29.9 Å². The van der Waals surface area contributed by atoms with Crippen LogP contribution in [0.1, 0.15) is 84.0 Å². The summed E-state index contributed by atoms with van der Waals surface area (Å²) < 4.78 is 10.8. The van der Waals surface area contributed by atoms with Gasteiger partial charge in [0.1, 0.15) is 24.9 Å². The van der Waals surface area contributed by atoms with E-state index in [1.54, 1.807) is 0 Å². The number of aliphatic hydroxyl groups excluding tert-OH is 4. The number of hydrogen-bond acceptors (Lipinski definition) is 6. The van der Waals surface area contributed by atoms with Crippen LogP contribution < -0.4 is 0 Å². The predicted molar refractivity (Wildman–Crippen MR) is 101 cm³/mol. The monoisotopic (exact) mass is 376 g/mol. The Morgan fingerprint density at radius 2 is 1.35 bits per heavy atom. The maximum atomic E-state index is 10.0. The molecule has 6 heteroatoms. The summed E-state index contributed by atoms with van der Waals surface area (Å²) in [4.78, 5) is 0. The van der Waals surface area contributed by atoms with Crippen molar-refractivity contribution in [3.63, 3.8) is 0 Å². The minimum Gasteiger partial charge on any atom is -0.391 e. The Balaban J connectivity index is 2.01. The summed E-state index contributed by atoms with van der Waals surface area (Å²) in [6.45, 7) is 1.86. The van der Waals surface area contributed by atoms with Crippen molar-refractivity contribution >= 4 is 0 Å². The quantitative estimate of drug-likeness (QED) is 0.328. The predicted octanol–water partition coefficient (Wildman–Crippen LogP) is 2.51. The molecule has 4 N–H and O–H groups in total. The number of unbranched alkanes of at least 4 members (excludes halogenated alkanes) is 11. The Labute approximate surface area is 158 Å². The summed E-state index contributed by atoms with van der Waals surface area (Å²) in [6, 6.07) is 0. The van der Waals surface area contributed by atoms with Crippen LogP contribution in [0.2, 0.25) is 0 Å². The average Bonchev–Trinajstić information content (AvgIpc) is 2.65. The molecule has 156 valence electrons. The van der Waals surface area contributed by atoms with Gasteiger partial charge in [-0.2, -0.15) is 0 Å². The fraction of sp³-hybridized carbons (Fsp3) is 1.00. The third kappa shape index (κ3) is 8.19. The number of rotatable bonds is 15. The lowest BCUT2D eigenvalue weighted by atomic mass is 9.97. The second-order valence-electron chi connectivity index (χ2n) is 7.52. The lowest BCUT2D eigenvalue weighted by molar-refractivity contribution is -0.348. The molecule has 0 saturated carbocycles. The van der Waals surface area contributed by atoms with Crippen molar-refractivity contribution in [3.05, 3.63) is 0 Å². The molecule has 0 amide bonds. The molecule has 0 bridgehead atoms. The fourth-order valence-corrected chi connectivity index (χ4v) is 3.38. The number of hydrogen-bond donors (Lipinski definition) is 4. The van der Waals surface area contributed by atoms with E-state index in [-0.39, 0.29) is 6.61 Å². The van der Waals surface area contributed by atoms with Crippen LogP contribution in [0.3, 0.4) is 0 Å².